The third-order valence-corrected chi connectivity index (χ3v) is 3.83. The number of ether oxygens (including phenoxy) is 1. The third-order valence-electron chi connectivity index (χ3n) is 2.36. The van der Waals surface area contributed by atoms with E-state index < -0.39 is 0 Å². The first kappa shape index (κ1) is 10.9. The lowest BCUT2D eigenvalue weighted by Gasteiger charge is -2.19. The first-order chi connectivity index (χ1) is 7.26. The molecule has 0 aromatic heterocycles. The van der Waals surface area contributed by atoms with E-state index >= 15 is 0 Å². The summed E-state index contributed by atoms with van der Waals surface area (Å²) in [6.07, 6.45) is 4.51. The molecule has 0 atom stereocenters. The van der Waals surface area contributed by atoms with Crippen LogP contribution in [0.2, 0.25) is 0 Å². The van der Waals surface area contributed by atoms with Crippen molar-refractivity contribution in [1.82, 2.24) is 0 Å². The van der Waals surface area contributed by atoms with Gasteiger partial charge in [0.15, 0.2) is 5.78 Å². The lowest BCUT2D eigenvalue weighted by atomic mass is 10.1. The number of carbonyl (C=O) groups excluding carboxylic acids is 1. The molecular formula is C11H12O2S2. The van der Waals surface area contributed by atoms with Crippen LogP contribution in [0.15, 0.2) is 21.9 Å². The third kappa shape index (κ3) is 2.01. The fourth-order valence-electron chi connectivity index (χ4n) is 1.61. The van der Waals surface area contributed by atoms with Crippen molar-refractivity contribution in [3.8, 4) is 5.75 Å². The first-order valence-corrected chi connectivity index (χ1v) is 7.13. The van der Waals surface area contributed by atoms with Crippen molar-refractivity contribution >= 4 is 29.3 Å². The van der Waals surface area contributed by atoms with Crippen LogP contribution in [0.1, 0.15) is 16.8 Å². The Morgan fingerprint density at radius 1 is 1.27 bits per heavy atom. The van der Waals surface area contributed by atoms with E-state index in [9.17, 15) is 4.79 Å². The zero-order valence-electron chi connectivity index (χ0n) is 8.70. The first-order valence-electron chi connectivity index (χ1n) is 4.68. The van der Waals surface area contributed by atoms with Gasteiger partial charge < -0.3 is 4.74 Å². The summed E-state index contributed by atoms with van der Waals surface area (Å²) >= 11 is 3.27. The summed E-state index contributed by atoms with van der Waals surface area (Å²) in [4.78, 5) is 13.9. The van der Waals surface area contributed by atoms with Crippen molar-refractivity contribution in [1.29, 1.82) is 0 Å². The zero-order chi connectivity index (χ0) is 10.8. The fraction of sp³-hybridized carbons (Fsp3) is 0.364. The number of carbonyl (C=O) groups is 1. The average Bonchev–Trinajstić information content (AvgIpc) is 2.27. The SMILES string of the molecule is CSc1cc2c(c(SC)c1)C(=O)CCO2. The van der Waals surface area contributed by atoms with Crippen LogP contribution in [-0.4, -0.2) is 24.9 Å². The molecule has 0 aliphatic carbocycles. The maximum Gasteiger partial charge on any atom is 0.171 e. The van der Waals surface area contributed by atoms with Crippen molar-refractivity contribution in [3.05, 3.63) is 17.7 Å². The minimum absolute atomic E-state index is 0.202. The van der Waals surface area contributed by atoms with E-state index in [-0.39, 0.29) is 5.78 Å². The number of rotatable bonds is 2. The van der Waals surface area contributed by atoms with Crippen molar-refractivity contribution in [2.75, 3.05) is 19.1 Å². The van der Waals surface area contributed by atoms with E-state index in [0.717, 1.165) is 21.1 Å². The fourth-order valence-corrected chi connectivity index (χ4v) is 2.81. The van der Waals surface area contributed by atoms with Crippen molar-refractivity contribution in [3.63, 3.8) is 0 Å². The monoisotopic (exact) mass is 240 g/mol. The van der Waals surface area contributed by atoms with Gasteiger partial charge in [0.2, 0.25) is 0 Å². The Balaban J connectivity index is 2.57. The van der Waals surface area contributed by atoms with Crippen LogP contribution in [-0.2, 0) is 0 Å². The molecule has 1 aliphatic rings. The van der Waals surface area contributed by atoms with Crippen LogP contribution >= 0.6 is 23.5 Å². The second-order valence-corrected chi connectivity index (χ2v) is 4.95. The summed E-state index contributed by atoms with van der Waals surface area (Å²) in [5.74, 6) is 0.954. The minimum Gasteiger partial charge on any atom is -0.492 e. The summed E-state index contributed by atoms with van der Waals surface area (Å²) in [6.45, 7) is 0.511. The van der Waals surface area contributed by atoms with Gasteiger partial charge in [-0.1, -0.05) is 0 Å². The number of ketones is 1. The maximum absolute atomic E-state index is 11.8. The summed E-state index contributed by atoms with van der Waals surface area (Å²) < 4.78 is 5.53. The minimum atomic E-state index is 0.202. The van der Waals surface area contributed by atoms with Crippen LogP contribution in [0.4, 0.5) is 0 Å². The molecule has 0 saturated carbocycles. The van der Waals surface area contributed by atoms with Gasteiger partial charge in [0.25, 0.3) is 0 Å². The molecule has 0 fully saturated rings. The molecule has 0 unspecified atom stereocenters. The molecule has 1 aromatic carbocycles. The van der Waals surface area contributed by atoms with Gasteiger partial charge in [0, 0.05) is 16.2 Å². The van der Waals surface area contributed by atoms with E-state index in [4.69, 9.17) is 4.74 Å². The van der Waals surface area contributed by atoms with Gasteiger partial charge >= 0.3 is 0 Å². The van der Waals surface area contributed by atoms with Gasteiger partial charge in [-0.15, -0.1) is 23.5 Å². The zero-order valence-corrected chi connectivity index (χ0v) is 10.3. The van der Waals surface area contributed by atoms with Gasteiger partial charge in [-0.3, -0.25) is 4.79 Å². The quantitative estimate of drug-likeness (QED) is 0.742. The number of thioether (sulfide) groups is 2. The number of fused-ring (bicyclic) bond motifs is 1. The van der Waals surface area contributed by atoms with E-state index in [1.165, 1.54) is 0 Å². The molecule has 1 aliphatic heterocycles. The Hall–Kier alpha value is -0.610. The number of benzene rings is 1. The molecular weight excluding hydrogens is 228 g/mol. The van der Waals surface area contributed by atoms with Crippen molar-refractivity contribution in [2.45, 2.75) is 16.2 Å². The van der Waals surface area contributed by atoms with Crippen LogP contribution in [0.25, 0.3) is 0 Å². The number of hydrogen-bond acceptors (Lipinski definition) is 4. The van der Waals surface area contributed by atoms with E-state index in [2.05, 4.69) is 6.07 Å². The van der Waals surface area contributed by atoms with Crippen LogP contribution in [0.5, 0.6) is 5.75 Å². The Labute approximate surface area is 97.8 Å². The molecule has 2 nitrogen and oxygen atoms in total. The van der Waals surface area contributed by atoms with E-state index in [0.29, 0.717) is 13.0 Å². The smallest absolute Gasteiger partial charge is 0.171 e. The van der Waals surface area contributed by atoms with Crippen molar-refractivity contribution in [2.24, 2.45) is 0 Å². The highest BCUT2D eigenvalue weighted by molar-refractivity contribution is 7.99. The van der Waals surface area contributed by atoms with Crippen molar-refractivity contribution < 1.29 is 9.53 Å². The summed E-state index contributed by atoms with van der Waals surface area (Å²) in [5, 5.41) is 0. The normalized spacial score (nSPS) is 14.7. The van der Waals surface area contributed by atoms with Crippen LogP contribution in [0, 0.1) is 0 Å². The Morgan fingerprint density at radius 2 is 2.07 bits per heavy atom. The summed E-state index contributed by atoms with van der Waals surface area (Å²) in [5.41, 5.74) is 0.770. The highest BCUT2D eigenvalue weighted by atomic mass is 32.2. The van der Waals surface area contributed by atoms with Gasteiger partial charge in [-0.2, -0.15) is 0 Å². The number of hydrogen-bond donors (Lipinski definition) is 0. The van der Waals surface area contributed by atoms with Crippen LogP contribution < -0.4 is 4.74 Å². The molecule has 4 heteroatoms. The Bertz CT molecular complexity index is 385. The largest absolute Gasteiger partial charge is 0.492 e. The van der Waals surface area contributed by atoms with Gasteiger partial charge in [-0.05, 0) is 24.6 Å². The molecule has 1 aromatic rings. The standard InChI is InChI=1S/C11H12O2S2/c1-14-7-5-9-11(10(6-7)15-2)8(12)3-4-13-9/h5-6H,3-4H2,1-2H3. The molecule has 0 radical (unpaired) electrons. The topological polar surface area (TPSA) is 26.3 Å². The molecule has 0 N–H and O–H groups in total. The van der Waals surface area contributed by atoms with Gasteiger partial charge in [0.05, 0.1) is 12.2 Å². The molecule has 0 amide bonds. The summed E-state index contributed by atoms with van der Waals surface area (Å²) in [6, 6.07) is 4.01. The predicted molar refractivity (Wildman–Crippen MR) is 64.4 cm³/mol. The molecule has 0 saturated heterocycles. The molecule has 1 heterocycles. The lowest BCUT2D eigenvalue weighted by Crippen LogP contribution is -2.16. The molecule has 2 rings (SSSR count). The molecule has 80 valence electrons. The predicted octanol–water partition coefficient (Wildman–Crippen LogP) is 3.10. The highest BCUT2D eigenvalue weighted by Crippen LogP contribution is 2.36. The number of Topliss-reactive ketones (excluding diaryl/α,β-unsaturated/α-hetero) is 1. The second kappa shape index (κ2) is 4.49. The van der Waals surface area contributed by atoms with Gasteiger partial charge in [0.1, 0.15) is 5.75 Å². The highest BCUT2D eigenvalue weighted by Gasteiger charge is 2.22. The van der Waals surface area contributed by atoms with E-state index in [1.54, 1.807) is 23.5 Å². The molecule has 0 bridgehead atoms. The Kier molecular flexibility index (Phi) is 3.26. The summed E-state index contributed by atoms with van der Waals surface area (Å²) in [7, 11) is 0. The van der Waals surface area contributed by atoms with E-state index in [1.807, 2.05) is 18.6 Å². The average molecular weight is 240 g/mol. The molecule has 0 spiro atoms. The van der Waals surface area contributed by atoms with Crippen LogP contribution in [0.3, 0.4) is 0 Å². The maximum atomic E-state index is 11.8. The Morgan fingerprint density at radius 3 is 2.73 bits per heavy atom. The second-order valence-electron chi connectivity index (χ2n) is 3.22. The molecule has 15 heavy (non-hydrogen) atoms. The lowest BCUT2D eigenvalue weighted by molar-refractivity contribution is 0.0929. The van der Waals surface area contributed by atoms with Gasteiger partial charge in [-0.25, -0.2) is 0 Å².